The second kappa shape index (κ2) is 9.57. The van der Waals surface area contributed by atoms with Gasteiger partial charge in [-0.1, -0.05) is 26.8 Å². The lowest BCUT2D eigenvalue weighted by molar-refractivity contribution is -0.137. The number of halogens is 1. The van der Waals surface area contributed by atoms with Gasteiger partial charge in [0.2, 0.25) is 17.7 Å². The minimum atomic E-state index is -1.08. The second-order valence-electron chi connectivity index (χ2n) is 6.91. The fraction of sp³-hybridized carbons (Fsp3) is 0.500. The molecule has 0 bridgehead atoms. The summed E-state index contributed by atoms with van der Waals surface area (Å²) in [5, 5.41) is 4.83. The molecule has 1 aliphatic rings. The Kier molecular flexibility index (Phi) is 8.05. The number of amides is 3. The van der Waals surface area contributed by atoms with E-state index >= 15 is 0 Å². The summed E-state index contributed by atoms with van der Waals surface area (Å²) in [5.74, 6) is -4.00. The van der Waals surface area contributed by atoms with E-state index in [1.165, 1.54) is 6.92 Å². The Morgan fingerprint density at radius 3 is 2.44 bits per heavy atom. The first kappa shape index (κ1) is 22.7. The molecule has 3 amide bonds. The maximum atomic E-state index is 12.8. The zero-order chi connectivity index (χ0) is 19.4. The van der Waals surface area contributed by atoms with Gasteiger partial charge >= 0.3 is 0 Å². The van der Waals surface area contributed by atoms with E-state index in [4.69, 9.17) is 5.73 Å². The lowest BCUT2D eigenvalue weighted by Gasteiger charge is -2.25. The van der Waals surface area contributed by atoms with E-state index in [0.29, 0.717) is 5.56 Å². The first-order chi connectivity index (χ1) is 12.2. The average molecular weight is 397 g/mol. The molecule has 4 N–H and O–H groups in total. The number of hydrogen-bond acceptors (Lipinski definition) is 6. The quantitative estimate of drug-likeness (QED) is 0.454. The van der Waals surface area contributed by atoms with Crippen molar-refractivity contribution in [2.75, 3.05) is 0 Å². The summed E-state index contributed by atoms with van der Waals surface area (Å²) < 4.78 is 0. The van der Waals surface area contributed by atoms with E-state index in [1.807, 2.05) is 0 Å². The summed E-state index contributed by atoms with van der Waals surface area (Å²) in [4.78, 5) is 52.6. The summed E-state index contributed by atoms with van der Waals surface area (Å²) in [6.45, 7) is 5.06. The summed E-state index contributed by atoms with van der Waals surface area (Å²) in [5.41, 5.74) is 6.73. The van der Waals surface area contributed by atoms with Crippen LogP contribution < -0.4 is 16.4 Å². The third-order valence-electron chi connectivity index (χ3n) is 4.56. The number of aromatic nitrogens is 1. The molecule has 1 aromatic heterocycles. The second-order valence-corrected chi connectivity index (χ2v) is 6.91. The summed E-state index contributed by atoms with van der Waals surface area (Å²) in [7, 11) is 0. The van der Waals surface area contributed by atoms with Crippen LogP contribution in [-0.4, -0.2) is 34.5 Å². The molecule has 0 aromatic carbocycles. The third-order valence-corrected chi connectivity index (χ3v) is 4.56. The predicted octanol–water partition coefficient (Wildman–Crippen LogP) is 0.512. The Morgan fingerprint density at radius 1 is 1.30 bits per heavy atom. The van der Waals surface area contributed by atoms with Crippen LogP contribution in [0.2, 0.25) is 0 Å². The van der Waals surface area contributed by atoms with Crippen molar-refractivity contribution in [3.05, 3.63) is 30.1 Å². The highest BCUT2D eigenvalue weighted by Gasteiger charge is 2.46. The predicted molar refractivity (Wildman–Crippen MR) is 101 cm³/mol. The monoisotopic (exact) mass is 396 g/mol. The van der Waals surface area contributed by atoms with Crippen molar-refractivity contribution in [2.45, 2.75) is 39.3 Å². The lowest BCUT2D eigenvalue weighted by Crippen LogP contribution is -2.49. The molecule has 1 aliphatic heterocycles. The molecule has 1 fully saturated rings. The van der Waals surface area contributed by atoms with Gasteiger partial charge in [0.1, 0.15) is 5.92 Å². The number of nitrogens with two attached hydrogens (primary N) is 1. The number of Topliss-reactive ketones (excluding diaryl/α,β-unsaturated/α-hetero) is 1. The fourth-order valence-electron chi connectivity index (χ4n) is 2.97. The van der Waals surface area contributed by atoms with Crippen molar-refractivity contribution in [1.29, 1.82) is 0 Å². The molecule has 2 rings (SSSR count). The van der Waals surface area contributed by atoms with Gasteiger partial charge < -0.3 is 11.1 Å². The Hall–Kier alpha value is -2.32. The highest BCUT2D eigenvalue weighted by molar-refractivity contribution is 6.16. The molecule has 0 radical (unpaired) electrons. The Bertz CT molecular complexity index is 711. The summed E-state index contributed by atoms with van der Waals surface area (Å²) in [6.07, 6.45) is 3.17. The van der Waals surface area contributed by atoms with Crippen LogP contribution in [0.25, 0.3) is 0 Å². The molecule has 1 saturated heterocycles. The van der Waals surface area contributed by atoms with Gasteiger partial charge in [0.25, 0.3) is 0 Å². The van der Waals surface area contributed by atoms with E-state index in [-0.39, 0.29) is 24.7 Å². The third kappa shape index (κ3) is 5.33. The van der Waals surface area contributed by atoms with Crippen molar-refractivity contribution in [3.8, 4) is 0 Å². The normalized spacial score (nSPS) is 21.2. The number of imide groups is 1. The van der Waals surface area contributed by atoms with Crippen molar-refractivity contribution in [1.82, 2.24) is 15.6 Å². The molecule has 1 aromatic rings. The van der Waals surface area contributed by atoms with Gasteiger partial charge in [0, 0.05) is 24.9 Å². The van der Waals surface area contributed by atoms with Gasteiger partial charge in [-0.15, -0.1) is 12.4 Å². The first-order valence-electron chi connectivity index (χ1n) is 8.55. The maximum absolute atomic E-state index is 12.8. The van der Waals surface area contributed by atoms with E-state index in [2.05, 4.69) is 15.6 Å². The molecular formula is C18H25ClN4O4. The molecule has 2 heterocycles. The highest BCUT2D eigenvalue weighted by atomic mass is 35.5. The Morgan fingerprint density at radius 2 is 1.96 bits per heavy atom. The van der Waals surface area contributed by atoms with Crippen molar-refractivity contribution in [2.24, 2.45) is 23.5 Å². The van der Waals surface area contributed by atoms with E-state index in [1.54, 1.807) is 38.4 Å². The fourth-order valence-corrected chi connectivity index (χ4v) is 2.97. The number of rotatable bonds is 7. The number of ketones is 1. The zero-order valence-corrected chi connectivity index (χ0v) is 16.3. The van der Waals surface area contributed by atoms with Crippen molar-refractivity contribution >= 4 is 35.9 Å². The van der Waals surface area contributed by atoms with E-state index < -0.39 is 47.4 Å². The van der Waals surface area contributed by atoms with Crippen LogP contribution in [-0.2, 0) is 19.2 Å². The Balaban J connectivity index is 0.00000364. The minimum absolute atomic E-state index is 0. The first-order valence-corrected chi connectivity index (χ1v) is 8.55. The van der Waals surface area contributed by atoms with Gasteiger partial charge in [-0.25, -0.2) is 0 Å². The number of nitrogens with zero attached hydrogens (tertiary/aromatic N) is 1. The van der Waals surface area contributed by atoms with Gasteiger partial charge in [0.05, 0.1) is 12.0 Å². The van der Waals surface area contributed by atoms with Crippen LogP contribution in [0.15, 0.2) is 24.5 Å². The van der Waals surface area contributed by atoms with Crippen LogP contribution in [0.5, 0.6) is 0 Å². The van der Waals surface area contributed by atoms with Crippen molar-refractivity contribution in [3.63, 3.8) is 0 Å². The van der Waals surface area contributed by atoms with Crippen LogP contribution in [0.4, 0.5) is 0 Å². The highest BCUT2D eigenvalue weighted by Crippen LogP contribution is 2.23. The number of carbonyl (C=O) groups excluding carboxylic acids is 4. The molecule has 0 spiro atoms. The number of nitrogens with one attached hydrogen (secondary N) is 2. The van der Waals surface area contributed by atoms with Gasteiger partial charge in [-0.3, -0.25) is 29.5 Å². The van der Waals surface area contributed by atoms with Gasteiger partial charge in [-0.05, 0) is 17.5 Å². The number of pyridine rings is 1. The molecule has 27 heavy (non-hydrogen) atoms. The van der Waals surface area contributed by atoms with Crippen LogP contribution in [0, 0.1) is 17.8 Å². The SMILES string of the molecule is CC(C)[C@H](NC(=O)CC(N)c1cccnc1)C(=O)[C@@H]1C(=O)NC(=O)[C@H]1C.Cl. The summed E-state index contributed by atoms with van der Waals surface area (Å²) in [6, 6.07) is 2.08. The zero-order valence-electron chi connectivity index (χ0n) is 15.5. The number of hydrogen-bond donors (Lipinski definition) is 3. The maximum Gasteiger partial charge on any atom is 0.238 e. The standard InChI is InChI=1S/C18H24N4O4.ClH/c1-9(2)15(16(24)14-10(3)17(25)22-18(14)26)21-13(23)7-12(19)11-5-4-6-20-8-11;/h4-6,8-10,12,14-15H,7,19H2,1-3H3,(H,21,23)(H,22,25,26);1H/t10-,12?,14+,15-;/m0./s1. The molecule has 148 valence electrons. The molecule has 9 heteroatoms. The molecule has 4 atom stereocenters. The minimum Gasteiger partial charge on any atom is -0.346 e. The molecular weight excluding hydrogens is 372 g/mol. The van der Waals surface area contributed by atoms with Crippen molar-refractivity contribution < 1.29 is 19.2 Å². The van der Waals surface area contributed by atoms with Crippen LogP contribution in [0.3, 0.4) is 0 Å². The lowest BCUT2D eigenvalue weighted by atomic mass is 9.85. The molecule has 0 aliphatic carbocycles. The molecule has 0 saturated carbocycles. The number of carbonyl (C=O) groups is 4. The molecule has 1 unspecified atom stereocenters. The topological polar surface area (TPSA) is 131 Å². The summed E-state index contributed by atoms with van der Waals surface area (Å²) >= 11 is 0. The average Bonchev–Trinajstić information content (AvgIpc) is 2.85. The van der Waals surface area contributed by atoms with E-state index in [9.17, 15) is 19.2 Å². The van der Waals surface area contributed by atoms with Crippen LogP contribution >= 0.6 is 12.4 Å². The smallest absolute Gasteiger partial charge is 0.238 e. The van der Waals surface area contributed by atoms with Crippen LogP contribution in [0.1, 0.15) is 38.8 Å². The Labute approximate surface area is 164 Å². The molecule has 8 nitrogen and oxygen atoms in total. The van der Waals surface area contributed by atoms with Gasteiger partial charge in [-0.2, -0.15) is 0 Å². The largest absolute Gasteiger partial charge is 0.346 e. The van der Waals surface area contributed by atoms with E-state index in [0.717, 1.165) is 0 Å². The van der Waals surface area contributed by atoms with Gasteiger partial charge in [0.15, 0.2) is 5.78 Å².